The van der Waals surface area contributed by atoms with Gasteiger partial charge in [0, 0.05) is 12.0 Å². The van der Waals surface area contributed by atoms with E-state index in [9.17, 15) is 4.79 Å². The molecule has 0 bridgehead atoms. The van der Waals surface area contributed by atoms with Crippen molar-refractivity contribution >= 4 is 16.6 Å². The number of fused-ring (bicyclic) bond motifs is 1. The molecule has 0 atom stereocenters. The van der Waals surface area contributed by atoms with Gasteiger partial charge in [0.15, 0.2) is 11.5 Å². The molecule has 1 aromatic heterocycles. The van der Waals surface area contributed by atoms with Crippen molar-refractivity contribution in [3.05, 3.63) is 60.4 Å². The van der Waals surface area contributed by atoms with Gasteiger partial charge in [-0.05, 0) is 29.0 Å². The molecule has 1 heterocycles. The number of rotatable bonds is 3. The third-order valence-electron chi connectivity index (χ3n) is 3.24. The molecule has 94 valence electrons. The average molecular weight is 250 g/mol. The van der Waals surface area contributed by atoms with Crippen molar-refractivity contribution < 1.29 is 9.21 Å². The summed E-state index contributed by atoms with van der Waals surface area (Å²) >= 11 is 0. The van der Waals surface area contributed by atoms with E-state index in [1.807, 2.05) is 31.2 Å². The van der Waals surface area contributed by atoms with E-state index >= 15 is 0 Å². The first-order valence-corrected chi connectivity index (χ1v) is 6.40. The molecule has 2 heteroatoms. The lowest BCUT2D eigenvalue weighted by Gasteiger charge is -2.01. The molecule has 0 fully saturated rings. The molecule has 0 aliphatic rings. The minimum absolute atomic E-state index is 0.0343. The van der Waals surface area contributed by atoms with Crippen LogP contribution in [0.3, 0.4) is 0 Å². The monoisotopic (exact) mass is 250 g/mol. The summed E-state index contributed by atoms with van der Waals surface area (Å²) in [5.41, 5.74) is 0.994. The maximum absolute atomic E-state index is 11.6. The first-order valence-electron chi connectivity index (χ1n) is 6.40. The van der Waals surface area contributed by atoms with Crippen LogP contribution in [0.1, 0.15) is 23.9 Å². The third kappa shape index (κ3) is 2.17. The number of hydrogen-bond donors (Lipinski definition) is 0. The summed E-state index contributed by atoms with van der Waals surface area (Å²) in [5, 5.41) is 2.36. The highest BCUT2D eigenvalue weighted by Crippen LogP contribution is 2.26. The van der Waals surface area contributed by atoms with Gasteiger partial charge in [-0.3, -0.25) is 4.79 Å². The third-order valence-corrected chi connectivity index (χ3v) is 3.24. The number of carbonyl (C=O) groups is 1. The molecule has 0 unspecified atom stereocenters. The number of benzene rings is 2. The van der Waals surface area contributed by atoms with Gasteiger partial charge in [0.2, 0.25) is 0 Å². The number of carbonyl (C=O) groups excluding carboxylic acids is 1. The van der Waals surface area contributed by atoms with Crippen molar-refractivity contribution in [3.63, 3.8) is 0 Å². The first kappa shape index (κ1) is 11.7. The molecule has 0 aliphatic heterocycles. The second-order valence-electron chi connectivity index (χ2n) is 4.50. The van der Waals surface area contributed by atoms with E-state index in [0.717, 1.165) is 11.3 Å². The summed E-state index contributed by atoms with van der Waals surface area (Å²) in [6.45, 7) is 1.83. The van der Waals surface area contributed by atoms with Crippen molar-refractivity contribution in [2.75, 3.05) is 0 Å². The minimum atomic E-state index is 0.0343. The van der Waals surface area contributed by atoms with Crippen molar-refractivity contribution in [1.82, 2.24) is 0 Å². The fourth-order valence-corrected chi connectivity index (χ4v) is 2.16. The van der Waals surface area contributed by atoms with Gasteiger partial charge in [0.1, 0.15) is 5.76 Å². The standard InChI is InChI=1S/C17H14O2/c1-2-15(18)17-10-9-16(19-17)14-8-7-12-5-3-4-6-13(12)11-14/h3-11H,2H2,1H3. The van der Waals surface area contributed by atoms with Gasteiger partial charge in [0.05, 0.1) is 0 Å². The van der Waals surface area contributed by atoms with E-state index in [-0.39, 0.29) is 5.78 Å². The summed E-state index contributed by atoms with van der Waals surface area (Å²) in [6.07, 6.45) is 0.463. The Balaban J connectivity index is 2.04. The Hall–Kier alpha value is -2.35. The average Bonchev–Trinajstić information content (AvgIpc) is 2.95. The van der Waals surface area contributed by atoms with Crippen molar-refractivity contribution in [1.29, 1.82) is 0 Å². The lowest BCUT2D eigenvalue weighted by atomic mass is 10.1. The van der Waals surface area contributed by atoms with Gasteiger partial charge in [-0.2, -0.15) is 0 Å². The van der Waals surface area contributed by atoms with Crippen LogP contribution in [0.4, 0.5) is 0 Å². The second-order valence-corrected chi connectivity index (χ2v) is 4.50. The van der Waals surface area contributed by atoms with Crippen LogP contribution >= 0.6 is 0 Å². The zero-order valence-corrected chi connectivity index (χ0v) is 10.7. The molecule has 3 aromatic rings. The molecule has 0 amide bonds. The number of furan rings is 1. The van der Waals surface area contributed by atoms with Gasteiger partial charge >= 0.3 is 0 Å². The maximum atomic E-state index is 11.6. The zero-order valence-electron chi connectivity index (χ0n) is 10.7. The summed E-state index contributed by atoms with van der Waals surface area (Å²) in [6, 6.07) is 17.9. The highest BCUT2D eigenvalue weighted by Gasteiger charge is 2.10. The Kier molecular flexibility index (Phi) is 2.92. The Bertz CT molecular complexity index is 738. The van der Waals surface area contributed by atoms with Crippen molar-refractivity contribution in [2.45, 2.75) is 13.3 Å². The predicted octanol–water partition coefficient (Wildman–Crippen LogP) is 4.69. The molecule has 2 aromatic carbocycles. The molecule has 3 rings (SSSR count). The summed E-state index contributed by atoms with van der Waals surface area (Å²) in [7, 11) is 0. The molecule has 0 saturated carbocycles. The molecule has 19 heavy (non-hydrogen) atoms. The molecule has 0 spiro atoms. The zero-order chi connectivity index (χ0) is 13.2. The van der Waals surface area contributed by atoms with Crippen molar-refractivity contribution in [2.24, 2.45) is 0 Å². The SMILES string of the molecule is CCC(=O)c1ccc(-c2ccc3ccccc3c2)o1. The van der Waals surface area contributed by atoms with E-state index in [1.54, 1.807) is 6.07 Å². The highest BCUT2D eigenvalue weighted by atomic mass is 16.3. The largest absolute Gasteiger partial charge is 0.453 e. The van der Waals surface area contributed by atoms with Crippen LogP contribution in [0.5, 0.6) is 0 Å². The van der Waals surface area contributed by atoms with E-state index < -0.39 is 0 Å². The fraction of sp³-hybridized carbons (Fsp3) is 0.118. The molecule has 0 N–H and O–H groups in total. The highest BCUT2D eigenvalue weighted by molar-refractivity contribution is 5.94. The Morgan fingerprint density at radius 2 is 1.79 bits per heavy atom. The topological polar surface area (TPSA) is 30.2 Å². The predicted molar refractivity (Wildman–Crippen MR) is 76.3 cm³/mol. The lowest BCUT2D eigenvalue weighted by Crippen LogP contribution is -1.92. The van der Waals surface area contributed by atoms with Gasteiger partial charge in [-0.15, -0.1) is 0 Å². The van der Waals surface area contributed by atoms with E-state index in [1.165, 1.54) is 10.8 Å². The van der Waals surface area contributed by atoms with Gasteiger partial charge in [0.25, 0.3) is 0 Å². The van der Waals surface area contributed by atoms with Crippen molar-refractivity contribution in [3.8, 4) is 11.3 Å². The van der Waals surface area contributed by atoms with Crippen LogP contribution in [0, 0.1) is 0 Å². The number of hydrogen-bond acceptors (Lipinski definition) is 2. The van der Waals surface area contributed by atoms with Gasteiger partial charge < -0.3 is 4.42 Å². The second kappa shape index (κ2) is 4.73. The molecular weight excluding hydrogens is 236 g/mol. The van der Waals surface area contributed by atoms with Crippen LogP contribution in [0.2, 0.25) is 0 Å². The number of ketones is 1. The van der Waals surface area contributed by atoms with E-state index in [2.05, 4.69) is 24.3 Å². The van der Waals surface area contributed by atoms with E-state index in [0.29, 0.717) is 12.2 Å². The molecule has 0 aliphatic carbocycles. The molecule has 2 nitrogen and oxygen atoms in total. The van der Waals surface area contributed by atoms with Crippen LogP contribution in [-0.2, 0) is 0 Å². The molecular formula is C17H14O2. The summed E-state index contributed by atoms with van der Waals surface area (Å²) < 4.78 is 5.62. The molecule has 0 saturated heterocycles. The Morgan fingerprint density at radius 3 is 2.58 bits per heavy atom. The minimum Gasteiger partial charge on any atom is -0.453 e. The number of Topliss-reactive ketones (excluding diaryl/α,β-unsaturated/α-hetero) is 1. The lowest BCUT2D eigenvalue weighted by molar-refractivity contribution is 0.0962. The van der Waals surface area contributed by atoms with Gasteiger partial charge in [-0.25, -0.2) is 0 Å². The fourth-order valence-electron chi connectivity index (χ4n) is 2.16. The smallest absolute Gasteiger partial charge is 0.197 e. The van der Waals surface area contributed by atoms with Crippen LogP contribution in [0.25, 0.3) is 22.1 Å². The Labute approximate surface area is 111 Å². The maximum Gasteiger partial charge on any atom is 0.197 e. The van der Waals surface area contributed by atoms with Gasteiger partial charge in [-0.1, -0.05) is 43.3 Å². The Morgan fingerprint density at radius 1 is 1.00 bits per heavy atom. The first-order chi connectivity index (χ1) is 9.28. The normalized spacial score (nSPS) is 10.8. The van der Waals surface area contributed by atoms with Crippen LogP contribution in [0.15, 0.2) is 59.0 Å². The van der Waals surface area contributed by atoms with E-state index in [4.69, 9.17) is 4.42 Å². The quantitative estimate of drug-likeness (QED) is 0.631. The van der Waals surface area contributed by atoms with Crippen LogP contribution in [-0.4, -0.2) is 5.78 Å². The summed E-state index contributed by atoms with van der Waals surface area (Å²) in [5.74, 6) is 1.21. The molecule has 0 radical (unpaired) electrons. The van der Waals surface area contributed by atoms with Crippen LogP contribution < -0.4 is 0 Å². The summed E-state index contributed by atoms with van der Waals surface area (Å²) in [4.78, 5) is 11.6.